The molecule has 10 atom stereocenters. The molecule has 2 fully saturated rings. The van der Waals surface area contributed by atoms with Crippen LogP contribution in [0.1, 0.15) is 142 Å². The molecule has 3 heterocycles. The van der Waals surface area contributed by atoms with Gasteiger partial charge in [0, 0.05) is 44.0 Å². The molecular formula is C50H92N2O8Si2. The van der Waals surface area contributed by atoms with Gasteiger partial charge in [0.25, 0.3) is 0 Å². The zero-order valence-electron chi connectivity index (χ0n) is 42.0. The number of likely N-dealkylation sites (N-methyl/N-ethyl adjacent to an activating group) is 1. The largest absolute Gasteiger partial charge is 0.457 e. The number of esters is 1. The second kappa shape index (κ2) is 25.2. The Morgan fingerprint density at radius 1 is 0.935 bits per heavy atom. The van der Waals surface area contributed by atoms with Crippen molar-refractivity contribution in [3.8, 4) is 0 Å². The van der Waals surface area contributed by atoms with Crippen LogP contribution in [0.2, 0.25) is 35.3 Å². The van der Waals surface area contributed by atoms with Gasteiger partial charge >= 0.3 is 12.1 Å². The van der Waals surface area contributed by atoms with Gasteiger partial charge in [-0.15, -0.1) is 0 Å². The van der Waals surface area contributed by atoms with E-state index in [0.717, 1.165) is 68.6 Å². The first-order valence-corrected chi connectivity index (χ1v) is 29.7. The van der Waals surface area contributed by atoms with E-state index in [1.165, 1.54) is 0 Å². The quantitative estimate of drug-likeness (QED) is 0.0420. The van der Waals surface area contributed by atoms with Crippen molar-refractivity contribution >= 4 is 28.7 Å². The Morgan fingerprint density at radius 3 is 2.16 bits per heavy atom. The molecule has 0 aliphatic carbocycles. The van der Waals surface area contributed by atoms with Crippen molar-refractivity contribution < 1.29 is 37.8 Å². The number of hydrogen-bond acceptors (Lipinski definition) is 9. The number of aliphatic hydroxyl groups is 1. The summed E-state index contributed by atoms with van der Waals surface area (Å²) in [5.74, 6) is -0.223. The number of nitrogens with zero attached hydrogens (tertiary/aromatic N) is 2. The van der Waals surface area contributed by atoms with E-state index in [2.05, 4.69) is 88.0 Å². The van der Waals surface area contributed by atoms with Crippen LogP contribution in [-0.4, -0.2) is 119 Å². The lowest BCUT2D eigenvalue weighted by Crippen LogP contribution is -2.46. The van der Waals surface area contributed by atoms with E-state index in [1.54, 1.807) is 0 Å². The third kappa shape index (κ3) is 15.4. The minimum atomic E-state index is -2.14. The van der Waals surface area contributed by atoms with Crippen LogP contribution in [0.25, 0.3) is 0 Å². The van der Waals surface area contributed by atoms with Crippen LogP contribution >= 0.6 is 0 Å². The topological polar surface area (TPSA) is 110 Å². The van der Waals surface area contributed by atoms with Crippen molar-refractivity contribution in [1.29, 1.82) is 0 Å². The van der Waals surface area contributed by atoms with Crippen molar-refractivity contribution in [2.75, 3.05) is 32.7 Å². The Morgan fingerprint density at radius 2 is 1.58 bits per heavy atom. The van der Waals surface area contributed by atoms with E-state index in [-0.39, 0.29) is 60.7 Å². The lowest BCUT2D eigenvalue weighted by molar-refractivity contribution is -0.151. The van der Waals surface area contributed by atoms with Crippen molar-refractivity contribution in [1.82, 2.24) is 9.80 Å². The molecule has 1 N–H and O–H groups in total. The minimum Gasteiger partial charge on any atom is -0.457 e. The van der Waals surface area contributed by atoms with Gasteiger partial charge in [-0.3, -0.25) is 4.79 Å². The molecule has 3 rings (SSSR count). The Bertz CT molecular complexity index is 1460. The summed E-state index contributed by atoms with van der Waals surface area (Å²) >= 11 is 0. The SMILES string of the molecule is CCC(O[Si](CC)(CC)C(C)C)C(C)C1OC1CC(C)(O)/C=C/C=C(\C)C1OC(=O)CC(O[Si](CC)(CC)C(C)C)CCC(C)C(OC(=O)N2CCCN(CC)CC2)/C=C/C1C. The van der Waals surface area contributed by atoms with Gasteiger partial charge in [-0.05, 0) is 105 Å². The van der Waals surface area contributed by atoms with Crippen LogP contribution in [0, 0.1) is 17.8 Å². The average molecular weight is 905 g/mol. The first-order valence-electron chi connectivity index (χ1n) is 24.9. The number of cyclic esters (lactones) is 1. The second-order valence-corrected chi connectivity index (χ2v) is 29.9. The zero-order valence-corrected chi connectivity index (χ0v) is 44.0. The lowest BCUT2D eigenvalue weighted by atomic mass is 9.91. The number of carbonyl (C=O) groups excluding carboxylic acids is 2. The normalized spacial score (nSPS) is 29.1. The monoisotopic (exact) mass is 905 g/mol. The molecule has 3 aliphatic heterocycles. The van der Waals surface area contributed by atoms with E-state index in [9.17, 15) is 14.7 Å². The van der Waals surface area contributed by atoms with E-state index in [1.807, 2.05) is 56.1 Å². The van der Waals surface area contributed by atoms with E-state index in [0.29, 0.717) is 37.0 Å². The van der Waals surface area contributed by atoms with Crippen molar-refractivity contribution in [3.63, 3.8) is 0 Å². The summed E-state index contributed by atoms with van der Waals surface area (Å²) < 4.78 is 33.0. The average Bonchev–Trinajstić information content (AvgIpc) is 4.04. The van der Waals surface area contributed by atoms with E-state index in [4.69, 9.17) is 23.1 Å². The fourth-order valence-electron chi connectivity index (χ4n) is 10.1. The number of ether oxygens (including phenoxy) is 3. The smallest absolute Gasteiger partial charge is 0.410 e. The molecule has 3 aliphatic rings. The highest BCUT2D eigenvalue weighted by molar-refractivity contribution is 6.75. The molecule has 0 aromatic rings. The van der Waals surface area contributed by atoms with Gasteiger partial charge in [0.2, 0.25) is 0 Å². The van der Waals surface area contributed by atoms with Crippen molar-refractivity contribution in [2.45, 2.75) is 220 Å². The van der Waals surface area contributed by atoms with Crippen molar-refractivity contribution in [3.05, 3.63) is 36.0 Å². The molecule has 10 unspecified atom stereocenters. The summed E-state index contributed by atoms with van der Waals surface area (Å²) in [7, 11) is -3.99. The van der Waals surface area contributed by atoms with Crippen LogP contribution in [-0.2, 0) is 27.9 Å². The molecule has 2 saturated heterocycles. The summed E-state index contributed by atoms with van der Waals surface area (Å²) in [5.41, 5.74) is 0.728. The van der Waals surface area contributed by atoms with Gasteiger partial charge in [0.05, 0.1) is 30.3 Å². The zero-order chi connectivity index (χ0) is 46.4. The molecule has 0 saturated carbocycles. The van der Waals surface area contributed by atoms with Gasteiger partial charge in [0.1, 0.15) is 12.2 Å². The fraction of sp³-hybridized carbons (Fsp3) is 0.840. The van der Waals surface area contributed by atoms with Gasteiger partial charge in [-0.2, -0.15) is 0 Å². The Balaban J connectivity index is 1.84. The predicted molar refractivity (Wildman–Crippen MR) is 259 cm³/mol. The van der Waals surface area contributed by atoms with Crippen LogP contribution in [0.4, 0.5) is 4.79 Å². The summed E-state index contributed by atoms with van der Waals surface area (Å²) in [6.07, 6.45) is 12.3. The maximum Gasteiger partial charge on any atom is 0.410 e. The van der Waals surface area contributed by atoms with Crippen LogP contribution < -0.4 is 0 Å². The van der Waals surface area contributed by atoms with Crippen LogP contribution in [0.5, 0.6) is 0 Å². The molecule has 358 valence electrons. The highest BCUT2D eigenvalue weighted by atomic mass is 28.4. The fourth-order valence-corrected chi connectivity index (χ4v) is 17.4. The molecule has 12 heteroatoms. The maximum atomic E-state index is 13.9. The minimum absolute atomic E-state index is 0.0169. The van der Waals surface area contributed by atoms with Gasteiger partial charge in [0.15, 0.2) is 16.6 Å². The summed E-state index contributed by atoms with van der Waals surface area (Å²) in [6, 6.07) is 4.18. The highest BCUT2D eigenvalue weighted by Gasteiger charge is 2.49. The molecule has 0 aromatic heterocycles. The number of epoxide rings is 1. The molecule has 0 bridgehead atoms. The number of amides is 1. The molecule has 0 radical (unpaired) electrons. The van der Waals surface area contributed by atoms with Crippen molar-refractivity contribution in [2.24, 2.45) is 17.8 Å². The first-order chi connectivity index (χ1) is 29.2. The lowest BCUT2D eigenvalue weighted by Gasteiger charge is -2.39. The standard InChI is InChI=1S/C50H92N2O8Si2/c1-16-43(60-62(20-5,21-6)37(9)10)41(14)48-45(56-48)35-50(15,55)29-22-24-39(12)47-40(13)26-28-44(57-49(54)52-31-23-30-51(17-2)32-33-52)38(11)25-27-42(34-46(53)58-47)59-61(18-3,19-4)36(7)8/h22,24,26,28-29,36-38,40-45,47-48,55H,16-21,23,25,27,30-35H2,1-15H3/b28-26+,29-22+,39-24+. The first kappa shape index (κ1) is 54.5. The molecule has 1 amide bonds. The Kier molecular flexibility index (Phi) is 22.2. The summed E-state index contributed by atoms with van der Waals surface area (Å²) in [5, 5.41) is 11.6. The molecule has 0 spiro atoms. The van der Waals surface area contributed by atoms with E-state index < -0.39 is 34.4 Å². The van der Waals surface area contributed by atoms with Crippen LogP contribution in [0.15, 0.2) is 36.0 Å². The van der Waals surface area contributed by atoms with Crippen LogP contribution in [0.3, 0.4) is 0 Å². The highest BCUT2D eigenvalue weighted by Crippen LogP contribution is 2.41. The molecular weight excluding hydrogens is 813 g/mol. The Labute approximate surface area is 381 Å². The third-order valence-electron chi connectivity index (χ3n) is 15.1. The molecule has 62 heavy (non-hydrogen) atoms. The number of rotatable bonds is 20. The maximum absolute atomic E-state index is 13.9. The van der Waals surface area contributed by atoms with E-state index >= 15 is 0 Å². The third-order valence-corrected chi connectivity index (χ3v) is 25.6. The summed E-state index contributed by atoms with van der Waals surface area (Å²) in [4.78, 5) is 31.9. The number of allylic oxidation sites excluding steroid dienone is 2. The van der Waals surface area contributed by atoms with Gasteiger partial charge < -0.3 is 38.0 Å². The Hall–Kier alpha value is -1.81. The van der Waals surface area contributed by atoms with Gasteiger partial charge in [-0.1, -0.05) is 114 Å². The van der Waals surface area contributed by atoms with Gasteiger partial charge in [-0.25, -0.2) is 4.79 Å². The molecule has 0 aromatic carbocycles. The number of hydrogen-bond donors (Lipinski definition) is 1. The predicted octanol–water partition coefficient (Wildman–Crippen LogP) is 11.5. The number of carbonyl (C=O) groups is 2. The molecule has 10 nitrogen and oxygen atoms in total. The summed E-state index contributed by atoms with van der Waals surface area (Å²) in [6.45, 7) is 36.9. The second-order valence-electron chi connectivity index (χ2n) is 20.0.